The number of carbonyl (C=O) groups is 1. The Morgan fingerprint density at radius 3 is 3.09 bits per heavy atom. The minimum atomic E-state index is -0.364. The van der Waals surface area contributed by atoms with Crippen molar-refractivity contribution >= 4 is 17.7 Å². The minimum Gasteiger partial charge on any atom is -0.493 e. The molecule has 1 fully saturated rings. The first-order valence-electron chi connectivity index (χ1n) is 7.11. The van der Waals surface area contributed by atoms with Gasteiger partial charge in [0, 0.05) is 11.8 Å². The van der Waals surface area contributed by atoms with Crippen molar-refractivity contribution in [2.45, 2.75) is 24.0 Å². The largest absolute Gasteiger partial charge is 0.493 e. The Bertz CT molecular complexity index is 655. The van der Waals surface area contributed by atoms with E-state index in [1.165, 1.54) is 20.0 Å². The van der Waals surface area contributed by atoms with E-state index < -0.39 is 0 Å². The number of benzene rings is 1. The van der Waals surface area contributed by atoms with Crippen molar-refractivity contribution in [3.05, 3.63) is 36.2 Å². The van der Waals surface area contributed by atoms with Crippen LogP contribution in [0, 0.1) is 0 Å². The summed E-state index contributed by atoms with van der Waals surface area (Å²) in [6.07, 6.45) is 4.21. The van der Waals surface area contributed by atoms with Gasteiger partial charge in [0.15, 0.2) is 5.16 Å². The molecule has 1 saturated carbocycles. The molecule has 0 spiro atoms. The second-order valence-corrected chi connectivity index (χ2v) is 6.03. The van der Waals surface area contributed by atoms with Crippen LogP contribution in [0.2, 0.25) is 0 Å². The second-order valence-electron chi connectivity index (χ2n) is 4.97. The molecule has 7 heteroatoms. The smallest absolute Gasteiger partial charge is 0.337 e. The van der Waals surface area contributed by atoms with Crippen molar-refractivity contribution in [2.75, 3.05) is 19.5 Å². The quantitative estimate of drug-likeness (QED) is 0.444. The van der Waals surface area contributed by atoms with Gasteiger partial charge in [0.1, 0.15) is 12.1 Å². The maximum atomic E-state index is 11.5. The molecule has 2 aromatic rings. The van der Waals surface area contributed by atoms with E-state index in [0.29, 0.717) is 24.0 Å². The molecule has 0 N–H and O–H groups in total. The molecule has 0 radical (unpaired) electrons. The molecule has 0 unspecified atom stereocenters. The average molecular weight is 319 g/mol. The van der Waals surface area contributed by atoms with Crippen LogP contribution < -0.4 is 4.74 Å². The van der Waals surface area contributed by atoms with Crippen LogP contribution in [0.1, 0.15) is 29.2 Å². The number of ether oxygens (including phenoxy) is 2. The number of esters is 1. The first-order chi connectivity index (χ1) is 10.8. The molecular formula is C15H17N3O3S. The molecule has 0 atom stereocenters. The van der Waals surface area contributed by atoms with E-state index in [-0.39, 0.29) is 5.97 Å². The van der Waals surface area contributed by atoms with Gasteiger partial charge in [-0.25, -0.2) is 4.79 Å². The first kappa shape index (κ1) is 14.9. The Morgan fingerprint density at radius 2 is 2.32 bits per heavy atom. The molecule has 116 valence electrons. The minimum absolute atomic E-state index is 0.364. The highest BCUT2D eigenvalue weighted by atomic mass is 32.2. The molecular weight excluding hydrogens is 302 g/mol. The van der Waals surface area contributed by atoms with Gasteiger partial charge >= 0.3 is 5.97 Å². The highest BCUT2D eigenvalue weighted by molar-refractivity contribution is 7.99. The summed E-state index contributed by atoms with van der Waals surface area (Å²) in [4.78, 5) is 11.5. The third kappa shape index (κ3) is 3.59. The Morgan fingerprint density at radius 1 is 1.45 bits per heavy atom. The fourth-order valence-corrected chi connectivity index (χ4v) is 2.86. The molecule has 1 heterocycles. The molecule has 1 aromatic carbocycles. The Hall–Kier alpha value is -2.02. The molecule has 0 amide bonds. The number of nitrogens with zero attached hydrogens (tertiary/aromatic N) is 3. The summed E-state index contributed by atoms with van der Waals surface area (Å²) in [6, 6.07) is 7.56. The second kappa shape index (κ2) is 6.83. The van der Waals surface area contributed by atoms with E-state index in [9.17, 15) is 4.79 Å². The number of hydrogen-bond acceptors (Lipinski definition) is 6. The van der Waals surface area contributed by atoms with Crippen LogP contribution in [0.4, 0.5) is 0 Å². The third-order valence-electron chi connectivity index (χ3n) is 3.32. The summed E-state index contributed by atoms with van der Waals surface area (Å²) in [5.74, 6) is 1.07. The van der Waals surface area contributed by atoms with Gasteiger partial charge in [-0.15, -0.1) is 10.2 Å². The third-order valence-corrected chi connectivity index (χ3v) is 4.24. The van der Waals surface area contributed by atoms with Gasteiger partial charge < -0.3 is 14.0 Å². The molecule has 1 aliphatic rings. The summed E-state index contributed by atoms with van der Waals surface area (Å²) in [7, 11) is 1.36. The van der Waals surface area contributed by atoms with Crippen molar-refractivity contribution in [1.82, 2.24) is 14.8 Å². The van der Waals surface area contributed by atoms with Crippen molar-refractivity contribution in [1.29, 1.82) is 0 Å². The van der Waals surface area contributed by atoms with E-state index in [1.54, 1.807) is 36.3 Å². The summed E-state index contributed by atoms with van der Waals surface area (Å²) >= 11 is 1.63. The number of methoxy groups -OCH3 is 1. The van der Waals surface area contributed by atoms with Crippen LogP contribution in [0.3, 0.4) is 0 Å². The van der Waals surface area contributed by atoms with Crippen molar-refractivity contribution in [2.24, 2.45) is 0 Å². The molecule has 0 aliphatic heterocycles. The highest BCUT2D eigenvalue weighted by Crippen LogP contribution is 2.37. The van der Waals surface area contributed by atoms with Crippen molar-refractivity contribution < 1.29 is 14.3 Å². The standard InChI is InChI=1S/C15H17N3O3S/c1-20-14(19)11-3-2-4-13(9-11)21-7-8-22-15-17-16-10-18(15)12-5-6-12/h2-4,9-10,12H,5-8H2,1H3. The van der Waals surface area contributed by atoms with Gasteiger partial charge in [-0.1, -0.05) is 17.8 Å². The lowest BCUT2D eigenvalue weighted by atomic mass is 10.2. The maximum absolute atomic E-state index is 11.5. The number of rotatable bonds is 7. The molecule has 0 bridgehead atoms. The maximum Gasteiger partial charge on any atom is 0.337 e. The number of thioether (sulfide) groups is 1. The van der Waals surface area contributed by atoms with Crippen LogP contribution in [0.5, 0.6) is 5.75 Å². The lowest BCUT2D eigenvalue weighted by Gasteiger charge is -2.07. The average Bonchev–Trinajstić information content (AvgIpc) is 3.30. The normalized spacial score (nSPS) is 13.9. The molecule has 0 saturated heterocycles. The van der Waals surface area contributed by atoms with Gasteiger partial charge in [0.05, 0.1) is 19.3 Å². The van der Waals surface area contributed by atoms with Gasteiger partial charge in [0.25, 0.3) is 0 Å². The van der Waals surface area contributed by atoms with Crippen LogP contribution in [0.25, 0.3) is 0 Å². The van der Waals surface area contributed by atoms with Crippen LogP contribution in [0.15, 0.2) is 35.7 Å². The fourth-order valence-electron chi connectivity index (χ4n) is 2.06. The predicted octanol–water partition coefficient (Wildman–Crippen LogP) is 2.57. The highest BCUT2D eigenvalue weighted by Gasteiger charge is 2.26. The summed E-state index contributed by atoms with van der Waals surface area (Å²) in [5.41, 5.74) is 0.487. The molecule has 3 rings (SSSR count). The van der Waals surface area contributed by atoms with Gasteiger partial charge in [-0.05, 0) is 31.0 Å². The van der Waals surface area contributed by atoms with Gasteiger partial charge in [-0.3, -0.25) is 0 Å². The topological polar surface area (TPSA) is 66.2 Å². The Balaban J connectivity index is 1.48. The summed E-state index contributed by atoms with van der Waals surface area (Å²) in [6.45, 7) is 0.535. The first-order valence-corrected chi connectivity index (χ1v) is 8.10. The van der Waals surface area contributed by atoms with Gasteiger partial charge in [-0.2, -0.15) is 0 Å². The van der Waals surface area contributed by atoms with E-state index in [4.69, 9.17) is 9.47 Å². The lowest BCUT2D eigenvalue weighted by molar-refractivity contribution is 0.0600. The van der Waals surface area contributed by atoms with Crippen LogP contribution in [-0.4, -0.2) is 40.2 Å². The molecule has 6 nitrogen and oxygen atoms in total. The monoisotopic (exact) mass is 319 g/mol. The molecule has 1 aromatic heterocycles. The van der Waals surface area contributed by atoms with Gasteiger partial charge in [0.2, 0.25) is 0 Å². The van der Waals surface area contributed by atoms with Crippen molar-refractivity contribution in [3.8, 4) is 5.75 Å². The Labute approximate surface area is 132 Å². The number of aromatic nitrogens is 3. The number of carbonyl (C=O) groups excluding carboxylic acids is 1. The van der Waals surface area contributed by atoms with E-state index in [0.717, 1.165) is 10.9 Å². The molecule has 22 heavy (non-hydrogen) atoms. The zero-order chi connectivity index (χ0) is 15.4. The van der Waals surface area contributed by atoms with Crippen LogP contribution in [-0.2, 0) is 4.74 Å². The van der Waals surface area contributed by atoms with E-state index in [1.807, 2.05) is 6.07 Å². The van der Waals surface area contributed by atoms with E-state index in [2.05, 4.69) is 14.8 Å². The molecule has 1 aliphatic carbocycles. The van der Waals surface area contributed by atoms with Crippen LogP contribution >= 0.6 is 11.8 Å². The predicted molar refractivity (Wildman–Crippen MR) is 82.3 cm³/mol. The lowest BCUT2D eigenvalue weighted by Crippen LogP contribution is -2.04. The van der Waals surface area contributed by atoms with Crippen molar-refractivity contribution in [3.63, 3.8) is 0 Å². The SMILES string of the molecule is COC(=O)c1cccc(OCCSc2nncn2C2CC2)c1. The Kier molecular flexibility index (Phi) is 4.62. The summed E-state index contributed by atoms with van der Waals surface area (Å²) in [5, 5.41) is 9.03. The zero-order valence-electron chi connectivity index (χ0n) is 12.3. The number of hydrogen-bond donors (Lipinski definition) is 0. The van der Waals surface area contributed by atoms with E-state index >= 15 is 0 Å². The zero-order valence-corrected chi connectivity index (χ0v) is 13.1. The fraction of sp³-hybridized carbons (Fsp3) is 0.400. The summed E-state index contributed by atoms with van der Waals surface area (Å²) < 4.78 is 12.5.